The molecule has 18 heavy (non-hydrogen) atoms. The van der Waals surface area contributed by atoms with Gasteiger partial charge in [0.25, 0.3) is 0 Å². The number of methoxy groups -OCH3 is 1. The standard InChI is InChI=1S/C9H14N2O2S.C2H6.C2H2/c1-13-8-3-2-7(4-5-10)6-9(8)14(11)12;2*1-2/h2-3,6H,4-5,10-11H2,1H3;1-2H3;1-2H. The van der Waals surface area contributed by atoms with Gasteiger partial charge in [-0.15, -0.1) is 12.8 Å². The molecule has 0 amide bonds. The fraction of sp³-hybridized carbons (Fsp3) is 0.385. The maximum Gasteiger partial charge on any atom is 0.136 e. The quantitative estimate of drug-likeness (QED) is 0.813. The summed E-state index contributed by atoms with van der Waals surface area (Å²) in [6.45, 7) is 4.56. The highest BCUT2D eigenvalue weighted by Crippen LogP contribution is 2.21. The normalized spacial score (nSPS) is 10.2. The van der Waals surface area contributed by atoms with Crippen LogP contribution in [0.3, 0.4) is 0 Å². The van der Waals surface area contributed by atoms with Crippen LogP contribution in [-0.2, 0) is 17.4 Å². The van der Waals surface area contributed by atoms with E-state index in [0.717, 1.165) is 12.0 Å². The zero-order valence-electron chi connectivity index (χ0n) is 11.2. The van der Waals surface area contributed by atoms with Gasteiger partial charge in [0, 0.05) is 0 Å². The summed E-state index contributed by atoms with van der Waals surface area (Å²) in [7, 11) is 0.00205. The molecular weight excluding hydrogens is 248 g/mol. The van der Waals surface area contributed by atoms with Gasteiger partial charge in [-0.25, -0.2) is 9.35 Å². The number of benzene rings is 1. The first-order valence-corrected chi connectivity index (χ1v) is 6.77. The molecule has 0 spiro atoms. The first-order chi connectivity index (χ1) is 8.69. The van der Waals surface area contributed by atoms with Gasteiger partial charge in [-0.05, 0) is 30.7 Å². The first-order valence-electron chi connectivity index (χ1n) is 5.55. The third-order valence-corrected chi connectivity index (χ3v) is 2.63. The summed E-state index contributed by atoms with van der Waals surface area (Å²) in [5.74, 6) is 0.548. The summed E-state index contributed by atoms with van der Waals surface area (Å²) in [6.07, 6.45) is 8.74. The molecule has 0 heterocycles. The lowest BCUT2D eigenvalue weighted by Gasteiger charge is -2.07. The van der Waals surface area contributed by atoms with Crippen molar-refractivity contribution in [1.29, 1.82) is 0 Å². The Balaban J connectivity index is 0. The van der Waals surface area contributed by atoms with Crippen LogP contribution in [0.15, 0.2) is 23.1 Å². The molecular formula is C13H22N2O2S. The van der Waals surface area contributed by atoms with Crippen LogP contribution in [-0.4, -0.2) is 17.9 Å². The van der Waals surface area contributed by atoms with Gasteiger partial charge in [0.2, 0.25) is 0 Å². The smallest absolute Gasteiger partial charge is 0.136 e. The Bertz CT molecular complexity index is 378. The van der Waals surface area contributed by atoms with E-state index in [1.54, 1.807) is 12.1 Å². The molecule has 5 heteroatoms. The molecule has 1 atom stereocenters. The van der Waals surface area contributed by atoms with Crippen molar-refractivity contribution in [1.82, 2.24) is 0 Å². The minimum atomic E-state index is -1.52. The monoisotopic (exact) mass is 270 g/mol. The fourth-order valence-corrected chi connectivity index (χ4v) is 1.82. The molecule has 0 saturated carbocycles. The van der Waals surface area contributed by atoms with Gasteiger partial charge < -0.3 is 10.5 Å². The van der Waals surface area contributed by atoms with E-state index < -0.39 is 11.0 Å². The Hall–Kier alpha value is -1.35. The van der Waals surface area contributed by atoms with Gasteiger partial charge in [-0.1, -0.05) is 19.9 Å². The van der Waals surface area contributed by atoms with Gasteiger partial charge in [0.05, 0.1) is 12.0 Å². The first kappa shape index (κ1) is 19.0. The van der Waals surface area contributed by atoms with Crippen LogP contribution in [0.1, 0.15) is 19.4 Å². The predicted molar refractivity (Wildman–Crippen MR) is 77.6 cm³/mol. The molecule has 0 fully saturated rings. The molecule has 0 aliphatic heterocycles. The average molecular weight is 270 g/mol. The lowest BCUT2D eigenvalue weighted by atomic mass is 10.1. The molecule has 102 valence electrons. The Labute approximate surface area is 112 Å². The Kier molecular flexibility index (Phi) is 12.8. The van der Waals surface area contributed by atoms with E-state index >= 15 is 0 Å². The molecule has 0 bridgehead atoms. The second-order valence-corrected chi connectivity index (χ2v) is 3.86. The number of hydrogen-bond donors (Lipinski definition) is 2. The van der Waals surface area contributed by atoms with Gasteiger partial charge in [-0.3, -0.25) is 0 Å². The van der Waals surface area contributed by atoms with Crippen LogP contribution < -0.4 is 15.6 Å². The number of ether oxygens (including phenoxy) is 1. The largest absolute Gasteiger partial charge is 0.495 e. The number of terminal acetylenes is 1. The van der Waals surface area contributed by atoms with Crippen LogP contribution in [0.2, 0.25) is 0 Å². The van der Waals surface area contributed by atoms with Crippen molar-refractivity contribution in [3.63, 3.8) is 0 Å². The van der Waals surface area contributed by atoms with E-state index in [1.807, 2.05) is 19.9 Å². The summed E-state index contributed by atoms with van der Waals surface area (Å²) in [5.41, 5.74) is 6.43. The van der Waals surface area contributed by atoms with E-state index in [2.05, 4.69) is 12.8 Å². The van der Waals surface area contributed by atoms with Crippen molar-refractivity contribution in [3.8, 4) is 18.6 Å². The number of nitrogens with two attached hydrogens (primary N) is 2. The van der Waals surface area contributed by atoms with E-state index in [0.29, 0.717) is 17.2 Å². The van der Waals surface area contributed by atoms with E-state index in [4.69, 9.17) is 15.6 Å². The molecule has 0 aromatic heterocycles. The topological polar surface area (TPSA) is 78.3 Å². The number of hydrogen-bond acceptors (Lipinski definition) is 3. The highest BCUT2D eigenvalue weighted by molar-refractivity contribution is 7.82. The van der Waals surface area contributed by atoms with E-state index in [1.165, 1.54) is 7.11 Å². The van der Waals surface area contributed by atoms with Crippen LogP contribution >= 0.6 is 0 Å². The lowest BCUT2D eigenvalue weighted by Crippen LogP contribution is -2.07. The van der Waals surface area contributed by atoms with E-state index in [9.17, 15) is 4.21 Å². The second kappa shape index (κ2) is 12.1. The minimum Gasteiger partial charge on any atom is -0.495 e. The van der Waals surface area contributed by atoms with Crippen LogP contribution in [0.5, 0.6) is 5.75 Å². The Morgan fingerprint density at radius 3 is 2.28 bits per heavy atom. The summed E-state index contributed by atoms with van der Waals surface area (Å²) < 4.78 is 16.2. The predicted octanol–water partition coefficient (Wildman–Crippen LogP) is 1.45. The second-order valence-electron chi connectivity index (χ2n) is 2.82. The van der Waals surface area contributed by atoms with Crippen molar-refractivity contribution < 1.29 is 8.95 Å². The van der Waals surface area contributed by atoms with E-state index in [-0.39, 0.29) is 0 Å². The summed E-state index contributed by atoms with van der Waals surface area (Å²) >= 11 is 0. The van der Waals surface area contributed by atoms with Gasteiger partial charge in [0.15, 0.2) is 0 Å². The zero-order chi connectivity index (χ0) is 14.6. The molecule has 1 aromatic carbocycles. The molecule has 1 aromatic rings. The molecule has 1 rings (SSSR count). The van der Waals surface area contributed by atoms with Gasteiger partial charge >= 0.3 is 0 Å². The van der Waals surface area contributed by atoms with Crippen LogP contribution in [0, 0.1) is 12.8 Å². The average Bonchev–Trinajstić information content (AvgIpc) is 2.43. The van der Waals surface area contributed by atoms with Gasteiger partial charge in [0.1, 0.15) is 16.7 Å². The summed E-state index contributed by atoms with van der Waals surface area (Å²) in [4.78, 5) is 0.512. The molecule has 1 unspecified atom stereocenters. The minimum absolute atomic E-state index is 0.512. The summed E-state index contributed by atoms with van der Waals surface area (Å²) in [5, 5.41) is 5.32. The maximum absolute atomic E-state index is 11.2. The van der Waals surface area contributed by atoms with Crippen LogP contribution in [0.4, 0.5) is 0 Å². The van der Waals surface area contributed by atoms with Crippen molar-refractivity contribution in [2.75, 3.05) is 13.7 Å². The van der Waals surface area contributed by atoms with Crippen molar-refractivity contribution in [3.05, 3.63) is 23.8 Å². The molecule has 4 N–H and O–H groups in total. The molecule has 0 aliphatic rings. The zero-order valence-corrected chi connectivity index (χ0v) is 12.0. The van der Waals surface area contributed by atoms with Gasteiger partial charge in [-0.2, -0.15) is 0 Å². The Morgan fingerprint density at radius 1 is 1.33 bits per heavy atom. The molecule has 4 nitrogen and oxygen atoms in total. The fourth-order valence-electron chi connectivity index (χ4n) is 1.20. The summed E-state index contributed by atoms with van der Waals surface area (Å²) in [6, 6.07) is 5.41. The highest BCUT2D eigenvalue weighted by atomic mass is 32.2. The van der Waals surface area contributed by atoms with Crippen molar-refractivity contribution in [2.45, 2.75) is 25.2 Å². The third-order valence-electron chi connectivity index (χ3n) is 1.88. The Morgan fingerprint density at radius 2 is 1.89 bits per heavy atom. The molecule has 0 saturated heterocycles. The SMILES string of the molecule is C#C.CC.COc1ccc(CCN)cc1S(N)=O. The highest BCUT2D eigenvalue weighted by Gasteiger charge is 2.07. The van der Waals surface area contributed by atoms with Crippen molar-refractivity contribution >= 4 is 11.0 Å². The molecule has 0 radical (unpaired) electrons. The lowest BCUT2D eigenvalue weighted by molar-refractivity contribution is 0.404. The number of rotatable bonds is 4. The van der Waals surface area contributed by atoms with Crippen molar-refractivity contribution in [2.24, 2.45) is 10.9 Å². The molecule has 0 aliphatic carbocycles. The third kappa shape index (κ3) is 6.40. The maximum atomic E-state index is 11.2. The van der Waals surface area contributed by atoms with Crippen LogP contribution in [0.25, 0.3) is 0 Å².